The van der Waals surface area contributed by atoms with E-state index in [1.54, 1.807) is 30.3 Å². The lowest BCUT2D eigenvalue weighted by molar-refractivity contribution is -0.907. The molecule has 0 bridgehead atoms. The van der Waals surface area contributed by atoms with Gasteiger partial charge >= 0.3 is 0 Å². The number of nitrogens with one attached hydrogen (secondary N) is 1. The van der Waals surface area contributed by atoms with Crippen molar-refractivity contribution in [3.8, 4) is 0 Å². The molecule has 0 saturated carbocycles. The van der Waals surface area contributed by atoms with E-state index in [0.29, 0.717) is 36.9 Å². The van der Waals surface area contributed by atoms with Crippen LogP contribution in [-0.4, -0.2) is 61.8 Å². The van der Waals surface area contributed by atoms with E-state index in [1.807, 2.05) is 0 Å². The number of amides is 1. The second-order valence-electron chi connectivity index (χ2n) is 7.29. The van der Waals surface area contributed by atoms with Crippen LogP contribution in [0.1, 0.15) is 22.2 Å². The number of furan rings is 1. The molecule has 1 aromatic heterocycles. The van der Waals surface area contributed by atoms with Crippen LogP contribution in [0.25, 0.3) is 0 Å². The Labute approximate surface area is 173 Å². The number of hydrogen-bond acceptors (Lipinski definition) is 5. The third-order valence-electron chi connectivity index (χ3n) is 5.57. The van der Waals surface area contributed by atoms with Crippen LogP contribution in [0.3, 0.4) is 0 Å². The highest BCUT2D eigenvalue weighted by atomic mass is 35.5. The van der Waals surface area contributed by atoms with Crippen molar-refractivity contribution in [2.24, 2.45) is 5.92 Å². The normalized spacial score (nSPS) is 23.0. The molecule has 1 amide bonds. The van der Waals surface area contributed by atoms with Crippen molar-refractivity contribution in [1.82, 2.24) is 4.90 Å². The maximum atomic E-state index is 13.0. The van der Waals surface area contributed by atoms with E-state index in [9.17, 15) is 14.4 Å². The predicted molar refractivity (Wildman–Crippen MR) is 104 cm³/mol. The number of benzene rings is 1. The number of ether oxygens (including phenoxy) is 1. The third kappa shape index (κ3) is 3.99. The molecule has 29 heavy (non-hydrogen) atoms. The van der Waals surface area contributed by atoms with E-state index >= 15 is 0 Å². The molecule has 7 nitrogen and oxygen atoms in total. The van der Waals surface area contributed by atoms with Gasteiger partial charge in [-0.25, -0.2) is 0 Å². The Hall–Kier alpha value is -2.48. The molecule has 0 aliphatic carbocycles. The Balaban J connectivity index is 1.64. The second-order valence-corrected chi connectivity index (χ2v) is 7.73. The average molecular weight is 418 g/mol. The lowest BCUT2D eigenvalue weighted by Gasteiger charge is -2.30. The fourth-order valence-electron chi connectivity index (χ4n) is 4.02. The molecular weight excluding hydrogens is 396 g/mol. The summed E-state index contributed by atoms with van der Waals surface area (Å²) in [5.74, 6) is -2.84. The zero-order chi connectivity index (χ0) is 20.4. The molecule has 0 radical (unpaired) electrons. The van der Waals surface area contributed by atoms with Crippen molar-refractivity contribution in [1.29, 1.82) is 0 Å². The molecule has 2 aliphatic rings. The maximum Gasteiger partial charge on any atom is 0.291 e. The van der Waals surface area contributed by atoms with E-state index in [4.69, 9.17) is 20.8 Å². The van der Waals surface area contributed by atoms with Crippen molar-refractivity contribution in [2.45, 2.75) is 6.04 Å². The van der Waals surface area contributed by atoms with E-state index in [0.717, 1.165) is 13.1 Å². The lowest BCUT2D eigenvalue weighted by Crippen LogP contribution is -3.14. The molecule has 1 aromatic carbocycles. The van der Waals surface area contributed by atoms with Crippen molar-refractivity contribution in [3.05, 3.63) is 59.0 Å². The van der Waals surface area contributed by atoms with Gasteiger partial charge in [-0.2, -0.15) is 0 Å². The SMILES string of the molecule is O=C1C(=O)N(CC[NH+]2CCOCC2)C(c2ccc(Cl)cc2)C1C(=O)c1ccco1. The summed E-state index contributed by atoms with van der Waals surface area (Å²) >= 11 is 6.01. The molecule has 2 aliphatic heterocycles. The van der Waals surface area contributed by atoms with Gasteiger partial charge in [0.1, 0.15) is 19.0 Å². The van der Waals surface area contributed by atoms with Crippen molar-refractivity contribution in [3.63, 3.8) is 0 Å². The van der Waals surface area contributed by atoms with Gasteiger partial charge in [-0.05, 0) is 29.8 Å². The summed E-state index contributed by atoms with van der Waals surface area (Å²) in [5, 5.41) is 0.544. The molecule has 1 N–H and O–H groups in total. The number of likely N-dealkylation sites (tertiary alicyclic amines) is 1. The number of quaternary nitrogens is 1. The van der Waals surface area contributed by atoms with Gasteiger partial charge in [-0.15, -0.1) is 0 Å². The monoisotopic (exact) mass is 417 g/mol. The number of carbonyl (C=O) groups is 3. The number of nitrogens with zero attached hydrogens (tertiary/aromatic N) is 1. The van der Waals surface area contributed by atoms with Crippen molar-refractivity contribution >= 4 is 29.1 Å². The van der Waals surface area contributed by atoms with Gasteiger partial charge in [0.25, 0.3) is 5.91 Å². The van der Waals surface area contributed by atoms with Gasteiger partial charge in [0.15, 0.2) is 5.76 Å². The summed E-state index contributed by atoms with van der Waals surface area (Å²) in [7, 11) is 0. The van der Waals surface area contributed by atoms with Crippen LogP contribution in [0, 0.1) is 5.92 Å². The first kappa shape index (κ1) is 19.8. The van der Waals surface area contributed by atoms with Crippen molar-refractivity contribution in [2.75, 3.05) is 39.4 Å². The molecule has 2 saturated heterocycles. The molecular formula is C21H22ClN2O5+. The fourth-order valence-corrected chi connectivity index (χ4v) is 4.15. The summed E-state index contributed by atoms with van der Waals surface area (Å²) in [6, 6.07) is 9.34. The zero-order valence-electron chi connectivity index (χ0n) is 15.8. The van der Waals surface area contributed by atoms with Crippen LogP contribution in [0.2, 0.25) is 5.02 Å². The Kier molecular flexibility index (Phi) is 5.80. The number of hydrogen-bond donors (Lipinski definition) is 1. The smallest absolute Gasteiger partial charge is 0.291 e. The highest BCUT2D eigenvalue weighted by molar-refractivity contribution is 6.43. The van der Waals surface area contributed by atoms with Crippen LogP contribution in [0.15, 0.2) is 47.1 Å². The number of rotatable bonds is 6. The van der Waals surface area contributed by atoms with Gasteiger partial charge in [0.05, 0.1) is 38.6 Å². The number of ketones is 2. The number of halogens is 1. The lowest BCUT2D eigenvalue weighted by atomic mass is 9.88. The second kappa shape index (κ2) is 8.49. The molecule has 2 fully saturated rings. The number of morpholine rings is 1. The fraction of sp³-hybridized carbons (Fsp3) is 0.381. The van der Waals surface area contributed by atoms with Crippen LogP contribution in [0.5, 0.6) is 0 Å². The largest absolute Gasteiger partial charge is 0.461 e. The van der Waals surface area contributed by atoms with Gasteiger partial charge < -0.3 is 19.0 Å². The van der Waals surface area contributed by atoms with E-state index < -0.39 is 29.4 Å². The Morgan fingerprint density at radius 1 is 1.14 bits per heavy atom. The van der Waals surface area contributed by atoms with Gasteiger partial charge in [0, 0.05) is 5.02 Å². The molecule has 3 heterocycles. The molecule has 0 spiro atoms. The van der Waals surface area contributed by atoms with Gasteiger partial charge in [-0.3, -0.25) is 14.4 Å². The van der Waals surface area contributed by atoms with E-state index in [2.05, 4.69) is 0 Å². The Morgan fingerprint density at radius 2 is 1.86 bits per heavy atom. The first-order valence-electron chi connectivity index (χ1n) is 9.65. The molecule has 8 heteroatoms. The third-order valence-corrected chi connectivity index (χ3v) is 5.82. The maximum absolute atomic E-state index is 13.0. The average Bonchev–Trinajstić information content (AvgIpc) is 3.36. The minimum absolute atomic E-state index is 0.0794. The van der Waals surface area contributed by atoms with Crippen LogP contribution < -0.4 is 4.90 Å². The summed E-state index contributed by atoms with van der Waals surface area (Å²) in [6.45, 7) is 4.15. The quantitative estimate of drug-likeness (QED) is 0.427. The zero-order valence-corrected chi connectivity index (χ0v) is 16.6. The number of carbonyl (C=O) groups excluding carboxylic acids is 3. The van der Waals surface area contributed by atoms with E-state index in [1.165, 1.54) is 22.1 Å². The molecule has 2 unspecified atom stereocenters. The molecule has 4 rings (SSSR count). The topological polar surface area (TPSA) is 81.3 Å². The minimum atomic E-state index is -1.13. The summed E-state index contributed by atoms with van der Waals surface area (Å²) in [4.78, 5) is 41.6. The number of Topliss-reactive ketones (excluding diaryl/α,β-unsaturated/α-hetero) is 2. The van der Waals surface area contributed by atoms with Gasteiger partial charge in [-0.1, -0.05) is 23.7 Å². The van der Waals surface area contributed by atoms with Crippen molar-refractivity contribution < 1.29 is 28.4 Å². The molecule has 2 atom stereocenters. The van der Waals surface area contributed by atoms with Gasteiger partial charge in [0.2, 0.25) is 11.6 Å². The molecule has 2 aromatic rings. The predicted octanol–water partition coefficient (Wildman–Crippen LogP) is 0.800. The minimum Gasteiger partial charge on any atom is -0.461 e. The first-order valence-corrected chi connectivity index (χ1v) is 10.0. The summed E-state index contributed by atoms with van der Waals surface area (Å²) < 4.78 is 10.6. The standard InChI is InChI=1S/C21H21ClN2O5/c22-15-5-3-14(4-6-15)18-17(19(25)16-2-1-11-29-16)20(26)21(27)24(18)8-7-23-9-12-28-13-10-23/h1-6,11,17-18H,7-10,12-13H2/p+1. The van der Waals surface area contributed by atoms with Crippen LogP contribution in [-0.2, 0) is 14.3 Å². The molecule has 152 valence electrons. The van der Waals surface area contributed by atoms with Crippen LogP contribution >= 0.6 is 11.6 Å². The Bertz CT molecular complexity index is 890. The Morgan fingerprint density at radius 3 is 2.52 bits per heavy atom. The van der Waals surface area contributed by atoms with Crippen LogP contribution in [0.4, 0.5) is 0 Å². The highest BCUT2D eigenvalue weighted by Crippen LogP contribution is 2.38. The summed E-state index contributed by atoms with van der Waals surface area (Å²) in [6.07, 6.45) is 1.38. The highest BCUT2D eigenvalue weighted by Gasteiger charge is 2.52. The first-order chi connectivity index (χ1) is 14.1. The summed E-state index contributed by atoms with van der Waals surface area (Å²) in [5.41, 5.74) is 0.704. The van der Waals surface area contributed by atoms with E-state index in [-0.39, 0.29) is 5.76 Å².